The van der Waals surface area contributed by atoms with Crippen LogP contribution in [0, 0.1) is 0 Å². The second-order valence-electron chi connectivity index (χ2n) is 8.60. The third kappa shape index (κ3) is 2.58. The average molecular weight is 329 g/mol. The van der Waals surface area contributed by atoms with Crippen LogP contribution < -0.4 is 10.4 Å². The normalized spacial score (nSPS) is 34.0. The second-order valence-corrected chi connectivity index (χ2v) is 8.60. The summed E-state index contributed by atoms with van der Waals surface area (Å²) >= 11 is 0. The molecule has 2 atom stereocenters. The Kier molecular flexibility index (Phi) is 3.75. The Morgan fingerprint density at radius 1 is 0.958 bits per heavy atom. The van der Waals surface area contributed by atoms with E-state index in [-0.39, 0.29) is 24.4 Å². The van der Waals surface area contributed by atoms with Crippen LogP contribution in [0.25, 0.3) is 0 Å². The highest BCUT2D eigenvalue weighted by Crippen LogP contribution is 2.40. The van der Waals surface area contributed by atoms with Gasteiger partial charge in [-0.3, -0.25) is 0 Å². The van der Waals surface area contributed by atoms with Gasteiger partial charge in [0, 0.05) is 17.8 Å². The molecule has 0 radical (unpaired) electrons. The molecule has 1 aromatic rings. The van der Waals surface area contributed by atoms with Crippen LogP contribution in [-0.4, -0.2) is 41.6 Å². The molecule has 2 unspecified atom stereocenters. The van der Waals surface area contributed by atoms with Gasteiger partial charge < -0.3 is 19.3 Å². The van der Waals surface area contributed by atoms with Crippen molar-refractivity contribution in [3.05, 3.63) is 24.3 Å². The molecular formula is C19H28BNO3. The molecule has 1 N–H and O–H groups in total. The first-order valence-electron chi connectivity index (χ1n) is 9.19. The van der Waals surface area contributed by atoms with Crippen molar-refractivity contribution in [3.8, 4) is 0 Å². The molecule has 0 aliphatic carbocycles. The minimum Gasteiger partial charge on any atom is -0.399 e. The quantitative estimate of drug-likeness (QED) is 0.847. The van der Waals surface area contributed by atoms with Gasteiger partial charge in [-0.2, -0.15) is 0 Å². The lowest BCUT2D eigenvalue weighted by atomic mass is 9.79. The summed E-state index contributed by atoms with van der Waals surface area (Å²) in [5.41, 5.74) is 1.72. The van der Waals surface area contributed by atoms with E-state index in [1.54, 1.807) is 0 Å². The molecule has 3 heterocycles. The zero-order valence-corrected chi connectivity index (χ0v) is 15.2. The monoisotopic (exact) mass is 329 g/mol. The van der Waals surface area contributed by atoms with Crippen LogP contribution in [0.3, 0.4) is 0 Å². The van der Waals surface area contributed by atoms with Crippen LogP contribution >= 0.6 is 0 Å². The molecule has 130 valence electrons. The number of hydrogen-bond acceptors (Lipinski definition) is 4. The summed E-state index contributed by atoms with van der Waals surface area (Å²) in [5, 5.41) is 9.98. The van der Waals surface area contributed by atoms with Crippen molar-refractivity contribution in [3.63, 3.8) is 0 Å². The van der Waals surface area contributed by atoms with Crippen LogP contribution in [0.5, 0.6) is 0 Å². The molecule has 0 aromatic heterocycles. The van der Waals surface area contributed by atoms with Gasteiger partial charge in [0.1, 0.15) is 0 Å². The lowest BCUT2D eigenvalue weighted by Gasteiger charge is -2.39. The molecule has 1 aromatic carbocycles. The maximum Gasteiger partial charge on any atom is 0.494 e. The van der Waals surface area contributed by atoms with E-state index in [4.69, 9.17) is 9.31 Å². The van der Waals surface area contributed by atoms with Gasteiger partial charge in [0.2, 0.25) is 0 Å². The van der Waals surface area contributed by atoms with Crippen molar-refractivity contribution < 1.29 is 14.4 Å². The van der Waals surface area contributed by atoms with E-state index in [1.807, 2.05) is 0 Å². The van der Waals surface area contributed by atoms with Gasteiger partial charge in [0.25, 0.3) is 0 Å². The van der Waals surface area contributed by atoms with E-state index in [9.17, 15) is 5.11 Å². The third-order valence-corrected chi connectivity index (χ3v) is 6.42. The number of rotatable bonds is 2. The third-order valence-electron chi connectivity index (χ3n) is 6.42. The average Bonchev–Trinajstić information content (AvgIpc) is 2.89. The summed E-state index contributed by atoms with van der Waals surface area (Å²) in [4.78, 5) is 2.51. The number of aliphatic hydroxyl groups excluding tert-OH is 1. The molecule has 3 aliphatic rings. The van der Waals surface area contributed by atoms with Crippen molar-refractivity contribution in [2.24, 2.45) is 0 Å². The molecule has 4 rings (SSSR count). The summed E-state index contributed by atoms with van der Waals surface area (Å²) in [5.74, 6) is 0. The first-order valence-corrected chi connectivity index (χ1v) is 9.19. The molecule has 2 bridgehead atoms. The number of piperidine rings is 1. The smallest absolute Gasteiger partial charge is 0.399 e. The number of fused-ring (bicyclic) bond motifs is 2. The van der Waals surface area contributed by atoms with Crippen LogP contribution in [0.15, 0.2) is 24.3 Å². The topological polar surface area (TPSA) is 41.9 Å². The SMILES string of the molecule is CC1(C)OB(c2ccc(N3C4CCC3CC(O)C4)cc2)OC1(C)C. The number of hydrogen-bond donors (Lipinski definition) is 1. The molecule has 24 heavy (non-hydrogen) atoms. The van der Waals surface area contributed by atoms with Gasteiger partial charge >= 0.3 is 7.12 Å². The Hall–Kier alpha value is -1.04. The van der Waals surface area contributed by atoms with Crippen LogP contribution in [0.1, 0.15) is 53.4 Å². The molecule has 3 fully saturated rings. The highest BCUT2D eigenvalue weighted by Gasteiger charge is 2.51. The highest BCUT2D eigenvalue weighted by molar-refractivity contribution is 6.62. The second kappa shape index (κ2) is 5.48. The van der Waals surface area contributed by atoms with Crippen molar-refractivity contribution >= 4 is 18.3 Å². The number of anilines is 1. The van der Waals surface area contributed by atoms with E-state index in [0.717, 1.165) is 18.3 Å². The Balaban J connectivity index is 1.52. The molecule has 3 saturated heterocycles. The maximum absolute atomic E-state index is 9.98. The van der Waals surface area contributed by atoms with Gasteiger partial charge in [0.05, 0.1) is 17.3 Å². The number of nitrogens with zero attached hydrogens (tertiary/aromatic N) is 1. The largest absolute Gasteiger partial charge is 0.494 e. The Morgan fingerprint density at radius 2 is 1.46 bits per heavy atom. The lowest BCUT2D eigenvalue weighted by molar-refractivity contribution is 0.00578. The Bertz CT molecular complexity index is 586. The fraction of sp³-hybridized carbons (Fsp3) is 0.684. The summed E-state index contributed by atoms with van der Waals surface area (Å²) < 4.78 is 12.3. The van der Waals surface area contributed by atoms with E-state index in [1.165, 1.54) is 18.5 Å². The van der Waals surface area contributed by atoms with Crippen molar-refractivity contribution in [2.75, 3.05) is 4.90 Å². The van der Waals surface area contributed by atoms with Gasteiger partial charge in [0.15, 0.2) is 0 Å². The fourth-order valence-corrected chi connectivity index (χ4v) is 4.35. The Morgan fingerprint density at radius 3 is 1.96 bits per heavy atom. The predicted octanol–water partition coefficient (Wildman–Crippen LogP) is 2.48. The van der Waals surface area contributed by atoms with Gasteiger partial charge in [-0.1, -0.05) is 12.1 Å². The van der Waals surface area contributed by atoms with Gasteiger partial charge in [-0.15, -0.1) is 0 Å². The van der Waals surface area contributed by atoms with Crippen LogP contribution in [0.4, 0.5) is 5.69 Å². The summed E-state index contributed by atoms with van der Waals surface area (Å²) in [7, 11) is -0.302. The van der Waals surface area contributed by atoms with Crippen LogP contribution in [0.2, 0.25) is 0 Å². The molecule has 0 saturated carbocycles. The summed E-state index contributed by atoms with van der Waals surface area (Å²) in [6, 6.07) is 9.60. The van der Waals surface area contributed by atoms with E-state index >= 15 is 0 Å². The summed E-state index contributed by atoms with van der Waals surface area (Å²) in [6.07, 6.45) is 4.06. The molecule has 3 aliphatic heterocycles. The molecule has 0 amide bonds. The van der Waals surface area contributed by atoms with E-state index in [2.05, 4.69) is 56.9 Å². The summed E-state index contributed by atoms with van der Waals surface area (Å²) in [6.45, 7) is 8.33. The van der Waals surface area contributed by atoms with E-state index in [0.29, 0.717) is 12.1 Å². The van der Waals surface area contributed by atoms with Crippen molar-refractivity contribution in [1.82, 2.24) is 0 Å². The fourth-order valence-electron chi connectivity index (χ4n) is 4.35. The molecular weight excluding hydrogens is 301 g/mol. The zero-order valence-electron chi connectivity index (χ0n) is 15.2. The van der Waals surface area contributed by atoms with Crippen LogP contribution in [-0.2, 0) is 9.31 Å². The van der Waals surface area contributed by atoms with Crippen molar-refractivity contribution in [1.29, 1.82) is 0 Å². The lowest BCUT2D eigenvalue weighted by Crippen LogP contribution is -2.45. The molecule has 5 heteroatoms. The maximum atomic E-state index is 9.98. The van der Waals surface area contributed by atoms with Gasteiger partial charge in [-0.25, -0.2) is 0 Å². The minimum absolute atomic E-state index is 0.122. The van der Waals surface area contributed by atoms with E-state index < -0.39 is 0 Å². The highest BCUT2D eigenvalue weighted by atomic mass is 16.7. The predicted molar refractivity (Wildman–Crippen MR) is 96.7 cm³/mol. The van der Waals surface area contributed by atoms with Gasteiger partial charge in [-0.05, 0) is 71.0 Å². The molecule has 0 spiro atoms. The minimum atomic E-state index is -0.307. The zero-order chi connectivity index (χ0) is 17.1. The number of benzene rings is 1. The van der Waals surface area contributed by atoms with Crippen molar-refractivity contribution in [2.45, 2.75) is 82.8 Å². The Labute approximate surface area is 145 Å². The first kappa shape index (κ1) is 16.4. The first-order chi connectivity index (χ1) is 11.3. The number of aliphatic hydroxyl groups is 1. The molecule has 4 nitrogen and oxygen atoms in total. The standard InChI is InChI=1S/C19H28BNO3/c1-18(2)19(3,4)24-20(23-18)13-5-7-14(8-6-13)21-15-9-10-16(21)12-17(22)11-15/h5-8,15-17,22H,9-12H2,1-4H3.